The molecule has 96 valence electrons. The van der Waals surface area contributed by atoms with Gasteiger partial charge in [0.05, 0.1) is 5.60 Å². The van der Waals surface area contributed by atoms with Gasteiger partial charge in [-0.15, -0.1) is 0 Å². The van der Waals surface area contributed by atoms with Crippen molar-refractivity contribution in [3.05, 3.63) is 0 Å². The average molecular weight is 227 g/mol. The molecule has 1 atom stereocenters. The van der Waals surface area contributed by atoms with Crippen LogP contribution >= 0.6 is 0 Å². The molecule has 0 saturated carbocycles. The summed E-state index contributed by atoms with van der Waals surface area (Å²) in [4.78, 5) is 2.41. The van der Waals surface area contributed by atoms with Crippen molar-refractivity contribution in [1.29, 1.82) is 0 Å². The standard InChI is InChI=1S/C14H29NO/c1-6-14(7-2)10-15(11-14)9-13(5,16)8-12(3)4/h12,16H,6-11H2,1-5H3. The molecule has 0 radical (unpaired) electrons. The fourth-order valence-corrected chi connectivity index (χ4v) is 3.14. The smallest absolute Gasteiger partial charge is 0.0748 e. The van der Waals surface area contributed by atoms with Gasteiger partial charge in [-0.2, -0.15) is 0 Å². The predicted octanol–water partition coefficient (Wildman–Crippen LogP) is 2.91. The average Bonchev–Trinajstić information content (AvgIpc) is 2.08. The van der Waals surface area contributed by atoms with Crippen LogP contribution in [0.2, 0.25) is 0 Å². The van der Waals surface area contributed by atoms with E-state index in [1.807, 2.05) is 6.92 Å². The van der Waals surface area contributed by atoms with Gasteiger partial charge in [0, 0.05) is 19.6 Å². The maximum atomic E-state index is 10.3. The largest absolute Gasteiger partial charge is 0.389 e. The number of hydrogen-bond acceptors (Lipinski definition) is 2. The summed E-state index contributed by atoms with van der Waals surface area (Å²) in [5, 5.41) is 10.3. The molecule has 1 rings (SSSR count). The zero-order valence-electron chi connectivity index (χ0n) is 11.7. The van der Waals surface area contributed by atoms with E-state index >= 15 is 0 Å². The van der Waals surface area contributed by atoms with E-state index in [-0.39, 0.29) is 0 Å². The quantitative estimate of drug-likeness (QED) is 0.754. The Bertz CT molecular complexity index is 211. The van der Waals surface area contributed by atoms with Gasteiger partial charge in [0.15, 0.2) is 0 Å². The second kappa shape index (κ2) is 5.05. The number of rotatable bonds is 6. The minimum absolute atomic E-state index is 0.512. The van der Waals surface area contributed by atoms with Gasteiger partial charge in [-0.3, -0.25) is 4.90 Å². The molecule has 1 N–H and O–H groups in total. The van der Waals surface area contributed by atoms with Crippen LogP contribution < -0.4 is 0 Å². The highest BCUT2D eigenvalue weighted by molar-refractivity contribution is 4.95. The third-order valence-electron chi connectivity index (χ3n) is 4.03. The minimum atomic E-state index is -0.512. The van der Waals surface area contributed by atoms with Crippen LogP contribution in [0.25, 0.3) is 0 Å². The number of nitrogens with zero attached hydrogens (tertiary/aromatic N) is 1. The SMILES string of the molecule is CCC1(CC)CN(CC(C)(O)CC(C)C)C1. The van der Waals surface area contributed by atoms with Crippen LogP contribution in [0.15, 0.2) is 0 Å². The summed E-state index contributed by atoms with van der Waals surface area (Å²) in [6.07, 6.45) is 3.44. The van der Waals surface area contributed by atoms with Crippen LogP contribution in [-0.2, 0) is 0 Å². The molecule has 16 heavy (non-hydrogen) atoms. The topological polar surface area (TPSA) is 23.5 Å². The van der Waals surface area contributed by atoms with Gasteiger partial charge in [0.2, 0.25) is 0 Å². The Hall–Kier alpha value is -0.0800. The fraction of sp³-hybridized carbons (Fsp3) is 1.00. The van der Waals surface area contributed by atoms with Crippen molar-refractivity contribution in [3.63, 3.8) is 0 Å². The molecule has 0 amide bonds. The first-order valence-corrected chi connectivity index (χ1v) is 6.77. The molecule has 1 heterocycles. The third-order valence-corrected chi connectivity index (χ3v) is 4.03. The van der Waals surface area contributed by atoms with Crippen molar-refractivity contribution >= 4 is 0 Å². The first-order chi connectivity index (χ1) is 7.32. The molecule has 1 aliphatic rings. The van der Waals surface area contributed by atoms with Gasteiger partial charge in [-0.05, 0) is 37.5 Å². The molecule has 1 fully saturated rings. The summed E-state index contributed by atoms with van der Waals surface area (Å²) in [6.45, 7) is 14.1. The molecule has 1 saturated heterocycles. The summed E-state index contributed by atoms with van der Waals surface area (Å²) in [7, 11) is 0. The Balaban J connectivity index is 2.36. The zero-order chi connectivity index (χ0) is 12.4. The molecule has 2 heteroatoms. The van der Waals surface area contributed by atoms with E-state index in [1.165, 1.54) is 25.9 Å². The monoisotopic (exact) mass is 227 g/mol. The van der Waals surface area contributed by atoms with E-state index in [1.54, 1.807) is 0 Å². The zero-order valence-corrected chi connectivity index (χ0v) is 11.7. The minimum Gasteiger partial charge on any atom is -0.389 e. The summed E-state index contributed by atoms with van der Waals surface area (Å²) in [5.41, 5.74) is 0.0374. The van der Waals surface area contributed by atoms with Crippen molar-refractivity contribution in [2.24, 2.45) is 11.3 Å². The second-order valence-corrected chi connectivity index (χ2v) is 6.45. The lowest BCUT2D eigenvalue weighted by atomic mass is 9.74. The fourth-order valence-electron chi connectivity index (χ4n) is 3.14. The third kappa shape index (κ3) is 3.46. The number of aliphatic hydroxyl groups is 1. The van der Waals surface area contributed by atoms with Crippen LogP contribution in [0, 0.1) is 11.3 Å². The molecular weight excluding hydrogens is 198 g/mol. The summed E-state index contributed by atoms with van der Waals surface area (Å²) < 4.78 is 0. The van der Waals surface area contributed by atoms with Gasteiger partial charge in [0.25, 0.3) is 0 Å². The van der Waals surface area contributed by atoms with Crippen molar-refractivity contribution in [2.75, 3.05) is 19.6 Å². The molecule has 0 aliphatic carbocycles. The summed E-state index contributed by atoms with van der Waals surface area (Å²) in [6, 6.07) is 0. The van der Waals surface area contributed by atoms with Crippen LogP contribution in [0.4, 0.5) is 0 Å². The van der Waals surface area contributed by atoms with E-state index in [9.17, 15) is 5.11 Å². The van der Waals surface area contributed by atoms with Crippen LogP contribution in [0.1, 0.15) is 53.9 Å². The lowest BCUT2D eigenvalue weighted by Crippen LogP contribution is -2.59. The number of β-amino-alcohol motifs (C(OH)–C–C–N with tert-alkyl or cyclic N) is 1. The maximum absolute atomic E-state index is 10.3. The summed E-state index contributed by atoms with van der Waals surface area (Å²) in [5.74, 6) is 0.568. The Morgan fingerprint density at radius 3 is 2.12 bits per heavy atom. The van der Waals surface area contributed by atoms with Gasteiger partial charge in [0.1, 0.15) is 0 Å². The molecule has 0 bridgehead atoms. The Kier molecular flexibility index (Phi) is 4.42. The van der Waals surface area contributed by atoms with Crippen molar-refractivity contribution in [1.82, 2.24) is 4.90 Å². The molecule has 2 nitrogen and oxygen atoms in total. The molecule has 0 aromatic carbocycles. The molecule has 0 aromatic heterocycles. The molecular formula is C14H29NO. The second-order valence-electron chi connectivity index (χ2n) is 6.45. The normalized spacial score (nSPS) is 24.2. The molecule has 0 aromatic rings. The van der Waals surface area contributed by atoms with Gasteiger partial charge in [-0.25, -0.2) is 0 Å². The lowest BCUT2D eigenvalue weighted by molar-refractivity contribution is -0.0707. The highest BCUT2D eigenvalue weighted by Gasteiger charge is 2.41. The van der Waals surface area contributed by atoms with E-state index in [2.05, 4.69) is 32.6 Å². The lowest BCUT2D eigenvalue weighted by Gasteiger charge is -2.52. The molecule has 0 spiro atoms. The van der Waals surface area contributed by atoms with Gasteiger partial charge >= 0.3 is 0 Å². The Labute approximate surface area is 101 Å². The van der Waals surface area contributed by atoms with Crippen molar-refractivity contribution < 1.29 is 5.11 Å². The summed E-state index contributed by atoms with van der Waals surface area (Å²) >= 11 is 0. The predicted molar refractivity (Wildman–Crippen MR) is 69.5 cm³/mol. The van der Waals surface area contributed by atoms with Crippen LogP contribution in [-0.4, -0.2) is 35.2 Å². The van der Waals surface area contributed by atoms with Crippen LogP contribution in [0.5, 0.6) is 0 Å². The van der Waals surface area contributed by atoms with E-state index in [4.69, 9.17) is 0 Å². The van der Waals surface area contributed by atoms with Crippen molar-refractivity contribution in [2.45, 2.75) is 59.5 Å². The highest BCUT2D eigenvalue weighted by atomic mass is 16.3. The first kappa shape index (κ1) is 14.0. The first-order valence-electron chi connectivity index (χ1n) is 6.77. The number of likely N-dealkylation sites (tertiary alicyclic amines) is 1. The number of hydrogen-bond donors (Lipinski definition) is 1. The van der Waals surface area contributed by atoms with Crippen molar-refractivity contribution in [3.8, 4) is 0 Å². The maximum Gasteiger partial charge on any atom is 0.0748 e. The van der Waals surface area contributed by atoms with E-state index in [0.717, 1.165) is 13.0 Å². The van der Waals surface area contributed by atoms with Gasteiger partial charge in [-0.1, -0.05) is 27.7 Å². The van der Waals surface area contributed by atoms with Gasteiger partial charge < -0.3 is 5.11 Å². The van der Waals surface area contributed by atoms with E-state index < -0.39 is 5.60 Å². The molecule has 1 unspecified atom stereocenters. The Morgan fingerprint density at radius 1 is 1.25 bits per heavy atom. The molecule has 1 aliphatic heterocycles. The Morgan fingerprint density at radius 2 is 1.75 bits per heavy atom. The van der Waals surface area contributed by atoms with E-state index in [0.29, 0.717) is 11.3 Å². The van der Waals surface area contributed by atoms with Crippen LogP contribution in [0.3, 0.4) is 0 Å². The highest BCUT2D eigenvalue weighted by Crippen LogP contribution is 2.38.